The van der Waals surface area contributed by atoms with Crippen molar-refractivity contribution in [3.8, 4) is 0 Å². The van der Waals surface area contributed by atoms with Crippen LogP contribution in [0.5, 0.6) is 0 Å². The minimum absolute atomic E-state index is 0.0441. The molecule has 7 nitrogen and oxygen atoms in total. The van der Waals surface area contributed by atoms with Crippen LogP contribution >= 0.6 is 11.6 Å². The molecule has 9 heteroatoms. The van der Waals surface area contributed by atoms with Crippen molar-refractivity contribution < 1.29 is 23.9 Å². The molecule has 3 heterocycles. The zero-order chi connectivity index (χ0) is 22.1. The second-order valence-corrected chi connectivity index (χ2v) is 8.69. The Kier molecular flexibility index (Phi) is 4.44. The predicted molar refractivity (Wildman–Crippen MR) is 109 cm³/mol. The first-order valence-corrected chi connectivity index (χ1v) is 10.3. The summed E-state index contributed by atoms with van der Waals surface area (Å²) in [4.78, 5) is 41.2. The lowest BCUT2D eigenvalue weighted by Crippen LogP contribution is -2.54. The maximum atomic E-state index is 13.5. The minimum Gasteiger partial charge on any atom is -0.392 e. The highest BCUT2D eigenvalue weighted by molar-refractivity contribution is 6.31. The molecule has 0 radical (unpaired) electrons. The summed E-state index contributed by atoms with van der Waals surface area (Å²) < 4.78 is 13.3. The maximum Gasteiger partial charge on any atom is 0.250 e. The van der Waals surface area contributed by atoms with E-state index in [9.17, 15) is 23.9 Å². The summed E-state index contributed by atoms with van der Waals surface area (Å²) in [5, 5.41) is 16.7. The van der Waals surface area contributed by atoms with Crippen molar-refractivity contribution in [1.82, 2.24) is 10.2 Å². The largest absolute Gasteiger partial charge is 0.392 e. The van der Waals surface area contributed by atoms with Crippen molar-refractivity contribution in [1.29, 1.82) is 0 Å². The number of hydrogen-bond acceptors (Lipinski definition) is 5. The predicted octanol–water partition coefficient (Wildman–Crippen LogP) is 1.78. The fourth-order valence-electron chi connectivity index (χ4n) is 5.11. The van der Waals surface area contributed by atoms with Gasteiger partial charge in [-0.25, -0.2) is 4.39 Å². The average Bonchev–Trinajstić information content (AvgIpc) is 3.31. The molecule has 3 N–H and O–H groups in total. The summed E-state index contributed by atoms with van der Waals surface area (Å²) in [5.74, 6) is -3.85. The van der Waals surface area contributed by atoms with Crippen LogP contribution in [-0.4, -0.2) is 39.9 Å². The Morgan fingerprint density at radius 1 is 1.16 bits per heavy atom. The molecule has 5 atom stereocenters. The lowest BCUT2D eigenvalue weighted by atomic mass is 9.76. The molecule has 3 amide bonds. The first kappa shape index (κ1) is 20.1. The molecule has 3 aliphatic rings. The number of hydrogen-bond donors (Lipinski definition) is 3. The van der Waals surface area contributed by atoms with Crippen molar-refractivity contribution in [3.05, 3.63) is 64.4 Å². The molecule has 2 aromatic rings. The monoisotopic (exact) mass is 443 g/mol. The third-order valence-electron chi connectivity index (χ3n) is 6.48. The molecule has 2 aromatic carbocycles. The number of nitrogens with one attached hydrogen (secondary N) is 2. The van der Waals surface area contributed by atoms with E-state index in [1.807, 2.05) is 0 Å². The van der Waals surface area contributed by atoms with Crippen LogP contribution in [0.4, 0.5) is 10.1 Å². The number of likely N-dealkylation sites (tertiary alicyclic amines) is 1. The van der Waals surface area contributed by atoms with Crippen molar-refractivity contribution in [2.45, 2.75) is 31.2 Å². The molecule has 0 unspecified atom stereocenters. The first-order valence-electron chi connectivity index (χ1n) is 9.91. The topological polar surface area (TPSA) is 98.7 Å². The number of imide groups is 1. The molecule has 0 bridgehead atoms. The quantitative estimate of drug-likeness (QED) is 0.628. The van der Waals surface area contributed by atoms with Gasteiger partial charge in [-0.05, 0) is 42.8 Å². The zero-order valence-electron chi connectivity index (χ0n) is 16.4. The zero-order valence-corrected chi connectivity index (χ0v) is 17.2. The number of halogens is 2. The van der Waals surface area contributed by atoms with Crippen LogP contribution in [0.3, 0.4) is 0 Å². The van der Waals surface area contributed by atoms with Crippen LogP contribution in [0, 0.1) is 17.7 Å². The lowest BCUT2D eigenvalue weighted by molar-refractivity contribution is -0.143. The number of nitrogens with zero attached hydrogens (tertiary/aromatic N) is 1. The number of benzene rings is 2. The van der Waals surface area contributed by atoms with Gasteiger partial charge in [0.15, 0.2) is 0 Å². The summed E-state index contributed by atoms with van der Waals surface area (Å²) >= 11 is 6.18. The molecule has 5 rings (SSSR count). The average molecular weight is 444 g/mol. The number of aliphatic hydroxyl groups excluding tert-OH is 1. The molecule has 0 aromatic heterocycles. The molecule has 2 fully saturated rings. The van der Waals surface area contributed by atoms with Gasteiger partial charge in [0, 0.05) is 22.3 Å². The Morgan fingerprint density at radius 2 is 1.87 bits per heavy atom. The van der Waals surface area contributed by atoms with Gasteiger partial charge in [-0.1, -0.05) is 23.7 Å². The first-order chi connectivity index (χ1) is 14.7. The number of carbonyl (C=O) groups excluding carboxylic acids is 3. The van der Waals surface area contributed by atoms with Gasteiger partial charge in [-0.3, -0.25) is 24.6 Å². The summed E-state index contributed by atoms with van der Waals surface area (Å²) in [6, 6.07) is 9.58. The van der Waals surface area contributed by atoms with Crippen LogP contribution in [0.15, 0.2) is 42.5 Å². The summed E-state index contributed by atoms with van der Waals surface area (Å²) in [6.07, 6.45) is -0.995. The Morgan fingerprint density at radius 3 is 2.55 bits per heavy atom. The molecule has 0 saturated carbocycles. The number of rotatable bonds is 3. The smallest absolute Gasteiger partial charge is 0.250 e. The number of aliphatic hydroxyl groups is 1. The third kappa shape index (κ3) is 2.75. The summed E-state index contributed by atoms with van der Waals surface area (Å²) in [6.45, 7) is 1.47. The lowest BCUT2D eigenvalue weighted by Gasteiger charge is -2.30. The number of carbonyl (C=O) groups is 3. The van der Waals surface area contributed by atoms with Gasteiger partial charge in [-0.2, -0.15) is 0 Å². The number of fused-ring (bicyclic) bond motifs is 4. The molecule has 1 spiro atoms. The highest BCUT2D eigenvalue weighted by Gasteiger charge is 2.71. The number of amides is 3. The van der Waals surface area contributed by atoms with Gasteiger partial charge < -0.3 is 10.4 Å². The van der Waals surface area contributed by atoms with Gasteiger partial charge in [0.25, 0.3) is 0 Å². The third-order valence-corrected chi connectivity index (χ3v) is 6.71. The van der Waals surface area contributed by atoms with Crippen molar-refractivity contribution in [2.24, 2.45) is 11.8 Å². The molecule has 3 aliphatic heterocycles. The molecular formula is C22H19ClFN3O4. The maximum absolute atomic E-state index is 13.5. The highest BCUT2D eigenvalue weighted by Crippen LogP contribution is 2.53. The van der Waals surface area contributed by atoms with E-state index in [1.54, 1.807) is 18.2 Å². The fourth-order valence-corrected chi connectivity index (χ4v) is 5.28. The van der Waals surface area contributed by atoms with Crippen LogP contribution < -0.4 is 10.6 Å². The van der Waals surface area contributed by atoms with E-state index < -0.39 is 53.1 Å². The van der Waals surface area contributed by atoms with E-state index in [4.69, 9.17) is 11.6 Å². The van der Waals surface area contributed by atoms with E-state index in [0.717, 1.165) is 4.90 Å². The number of anilines is 1. The highest BCUT2D eigenvalue weighted by atomic mass is 35.5. The second kappa shape index (κ2) is 6.85. The van der Waals surface area contributed by atoms with Crippen molar-refractivity contribution in [2.75, 3.05) is 5.32 Å². The molecular weight excluding hydrogens is 425 g/mol. The van der Waals surface area contributed by atoms with E-state index in [2.05, 4.69) is 10.6 Å². The normalized spacial score (nSPS) is 30.0. The Bertz CT molecular complexity index is 1120. The molecule has 31 heavy (non-hydrogen) atoms. The Labute approximate surface area is 182 Å². The summed E-state index contributed by atoms with van der Waals surface area (Å²) in [5.41, 5.74) is 0.0478. The fraction of sp³-hybridized carbons (Fsp3) is 0.318. The SMILES string of the molecule is C[C@@H](O)[C@H]1N[C@]2(C(=O)Nc3ccc(Cl)cc32)[C@@H]2C(=O)N(Cc3ccc(F)cc3)C(=O)[C@H]12. The second-order valence-electron chi connectivity index (χ2n) is 8.26. The van der Waals surface area contributed by atoms with E-state index >= 15 is 0 Å². The van der Waals surface area contributed by atoms with Crippen LogP contribution in [0.25, 0.3) is 0 Å². The van der Waals surface area contributed by atoms with Crippen LogP contribution in [0.1, 0.15) is 18.1 Å². The van der Waals surface area contributed by atoms with E-state index in [0.29, 0.717) is 21.8 Å². The Hall–Kier alpha value is -2.81. The summed E-state index contributed by atoms with van der Waals surface area (Å²) in [7, 11) is 0. The van der Waals surface area contributed by atoms with Gasteiger partial charge in [-0.15, -0.1) is 0 Å². The Balaban J connectivity index is 1.61. The molecule has 160 valence electrons. The van der Waals surface area contributed by atoms with Crippen LogP contribution in [0.2, 0.25) is 5.02 Å². The molecule has 0 aliphatic carbocycles. The molecule has 2 saturated heterocycles. The van der Waals surface area contributed by atoms with Gasteiger partial charge >= 0.3 is 0 Å². The van der Waals surface area contributed by atoms with Gasteiger partial charge in [0.05, 0.1) is 24.5 Å². The van der Waals surface area contributed by atoms with Gasteiger partial charge in [0.1, 0.15) is 11.4 Å². The standard InChI is InChI=1S/C22H19ClFN3O4/c1-10(28)18-16-17(20(30)27(19(16)29)9-11-2-5-13(24)6-3-11)22(26-18)14-8-12(23)4-7-15(14)25-21(22)31/h2-8,10,16-18,26,28H,9H2,1H3,(H,25,31)/t10-,16+,17+,18-,22+/m1/s1. The van der Waals surface area contributed by atoms with Crippen LogP contribution in [-0.2, 0) is 26.5 Å². The minimum atomic E-state index is -1.52. The van der Waals surface area contributed by atoms with E-state index in [-0.39, 0.29) is 6.54 Å². The van der Waals surface area contributed by atoms with Gasteiger partial charge in [0.2, 0.25) is 17.7 Å². The van der Waals surface area contributed by atoms with Crippen molar-refractivity contribution in [3.63, 3.8) is 0 Å². The van der Waals surface area contributed by atoms with Crippen molar-refractivity contribution >= 4 is 35.0 Å². The van der Waals surface area contributed by atoms with E-state index in [1.165, 1.54) is 31.2 Å².